The Morgan fingerprint density at radius 1 is 1.71 bits per heavy atom. The molecule has 0 bridgehead atoms. The fraction of sp³-hybridized carbons (Fsp3) is 0.875. The van der Waals surface area contributed by atoms with Crippen LogP contribution in [0.15, 0.2) is 0 Å². The minimum Gasteiger partial charge on any atom is -0.329 e. The smallest absolute Gasteiger partial charge is 0.230 e. The van der Waals surface area contributed by atoms with E-state index in [1.165, 1.54) is 11.2 Å². The van der Waals surface area contributed by atoms with Crippen molar-refractivity contribution in [2.24, 2.45) is 5.73 Å². The van der Waals surface area contributed by atoms with Crippen molar-refractivity contribution in [2.75, 3.05) is 13.1 Å². The molecule has 1 rings (SSSR count). The molecule has 0 saturated carbocycles. The zero-order chi connectivity index (χ0) is 10.8. The molecule has 0 aromatic carbocycles. The van der Waals surface area contributed by atoms with Gasteiger partial charge in [0.2, 0.25) is 10.0 Å². The Morgan fingerprint density at radius 2 is 2.36 bits per heavy atom. The van der Waals surface area contributed by atoms with Crippen LogP contribution in [0.2, 0.25) is 0 Å². The highest BCUT2D eigenvalue weighted by Gasteiger charge is 2.36. The van der Waals surface area contributed by atoms with Gasteiger partial charge >= 0.3 is 0 Å². The van der Waals surface area contributed by atoms with Crippen molar-refractivity contribution in [3.63, 3.8) is 0 Å². The van der Waals surface area contributed by atoms with Gasteiger partial charge in [-0.2, -0.15) is 9.57 Å². The van der Waals surface area contributed by atoms with E-state index in [0.29, 0.717) is 13.1 Å². The minimum atomic E-state index is -3.46. The average molecular weight is 217 g/mol. The predicted octanol–water partition coefficient (Wildman–Crippen LogP) is -0.349. The van der Waals surface area contributed by atoms with Gasteiger partial charge in [-0.1, -0.05) is 0 Å². The summed E-state index contributed by atoms with van der Waals surface area (Å²) < 4.78 is 24.9. The maximum atomic E-state index is 11.8. The molecule has 80 valence electrons. The molecule has 0 aromatic heterocycles. The maximum absolute atomic E-state index is 11.8. The first kappa shape index (κ1) is 11.4. The SMILES string of the molecule is CC(C#N)S(=O)(=O)N1CCCC1CN. The molecule has 0 spiro atoms. The van der Waals surface area contributed by atoms with Crippen LogP contribution in [-0.2, 0) is 10.0 Å². The molecule has 1 aliphatic heterocycles. The Balaban J connectivity index is 2.88. The van der Waals surface area contributed by atoms with Crippen LogP contribution in [-0.4, -0.2) is 37.1 Å². The third-order valence-electron chi connectivity index (χ3n) is 2.55. The van der Waals surface area contributed by atoms with E-state index in [-0.39, 0.29) is 6.04 Å². The standard InChI is InChI=1S/C8H15N3O2S/c1-7(5-9)14(12,13)11-4-2-3-8(11)6-10/h7-8H,2-4,6,10H2,1H3. The lowest BCUT2D eigenvalue weighted by atomic mass is 10.2. The van der Waals surface area contributed by atoms with Gasteiger partial charge in [-0.3, -0.25) is 0 Å². The van der Waals surface area contributed by atoms with Crippen molar-refractivity contribution >= 4 is 10.0 Å². The average Bonchev–Trinajstić information content (AvgIpc) is 2.64. The summed E-state index contributed by atoms with van der Waals surface area (Å²) in [6.45, 7) is 2.23. The van der Waals surface area contributed by atoms with Crippen LogP contribution in [0.4, 0.5) is 0 Å². The van der Waals surface area contributed by atoms with Crippen molar-refractivity contribution in [3.05, 3.63) is 0 Å². The van der Waals surface area contributed by atoms with Gasteiger partial charge in [0, 0.05) is 19.1 Å². The summed E-state index contributed by atoms with van der Waals surface area (Å²) in [6, 6.07) is 1.64. The van der Waals surface area contributed by atoms with Gasteiger partial charge in [-0.25, -0.2) is 8.42 Å². The molecule has 2 N–H and O–H groups in total. The lowest BCUT2D eigenvalue weighted by molar-refractivity contribution is 0.391. The van der Waals surface area contributed by atoms with Gasteiger partial charge in [0.15, 0.2) is 5.25 Å². The molecule has 2 atom stereocenters. The van der Waals surface area contributed by atoms with Crippen molar-refractivity contribution in [1.29, 1.82) is 5.26 Å². The van der Waals surface area contributed by atoms with Gasteiger partial charge in [-0.15, -0.1) is 0 Å². The normalized spacial score (nSPS) is 25.9. The lowest BCUT2D eigenvalue weighted by Gasteiger charge is -2.23. The number of nitrogens with two attached hydrogens (primary N) is 1. The summed E-state index contributed by atoms with van der Waals surface area (Å²) in [6.07, 6.45) is 1.63. The Morgan fingerprint density at radius 3 is 2.86 bits per heavy atom. The van der Waals surface area contributed by atoms with Crippen LogP contribution in [0, 0.1) is 11.3 Å². The highest BCUT2D eigenvalue weighted by Crippen LogP contribution is 2.22. The van der Waals surface area contributed by atoms with Crippen LogP contribution in [0.1, 0.15) is 19.8 Å². The van der Waals surface area contributed by atoms with E-state index in [1.807, 2.05) is 0 Å². The van der Waals surface area contributed by atoms with Crippen LogP contribution in [0.25, 0.3) is 0 Å². The lowest BCUT2D eigenvalue weighted by Crippen LogP contribution is -2.43. The summed E-state index contributed by atoms with van der Waals surface area (Å²) in [5.41, 5.74) is 5.47. The first-order valence-electron chi connectivity index (χ1n) is 4.64. The topological polar surface area (TPSA) is 87.2 Å². The third kappa shape index (κ3) is 1.90. The van der Waals surface area contributed by atoms with E-state index in [0.717, 1.165) is 12.8 Å². The molecule has 14 heavy (non-hydrogen) atoms. The van der Waals surface area contributed by atoms with Crippen molar-refractivity contribution < 1.29 is 8.42 Å². The van der Waals surface area contributed by atoms with Gasteiger partial charge in [0.25, 0.3) is 0 Å². The molecular weight excluding hydrogens is 202 g/mol. The summed E-state index contributed by atoms with van der Waals surface area (Å²) in [5.74, 6) is 0. The van der Waals surface area contributed by atoms with Crippen LogP contribution < -0.4 is 5.73 Å². The molecule has 1 aliphatic rings. The van der Waals surface area contributed by atoms with Gasteiger partial charge < -0.3 is 5.73 Å². The first-order valence-corrected chi connectivity index (χ1v) is 6.14. The van der Waals surface area contributed by atoms with Crippen LogP contribution >= 0.6 is 0 Å². The Bertz CT molecular complexity index is 333. The molecule has 0 aromatic rings. The van der Waals surface area contributed by atoms with E-state index in [4.69, 9.17) is 11.0 Å². The fourth-order valence-electron chi connectivity index (χ4n) is 1.65. The van der Waals surface area contributed by atoms with Gasteiger partial charge in [0.05, 0.1) is 6.07 Å². The molecule has 2 unspecified atom stereocenters. The molecule has 5 nitrogen and oxygen atoms in total. The van der Waals surface area contributed by atoms with Gasteiger partial charge in [0.1, 0.15) is 0 Å². The molecule has 1 heterocycles. The van der Waals surface area contributed by atoms with Crippen molar-refractivity contribution in [2.45, 2.75) is 31.1 Å². The van der Waals surface area contributed by atoms with Crippen LogP contribution in [0.3, 0.4) is 0 Å². The second kappa shape index (κ2) is 4.26. The monoisotopic (exact) mass is 217 g/mol. The fourth-order valence-corrected chi connectivity index (χ4v) is 3.18. The zero-order valence-corrected chi connectivity index (χ0v) is 9.00. The number of nitrogens with zero attached hydrogens (tertiary/aromatic N) is 2. The van der Waals surface area contributed by atoms with Crippen LogP contribution in [0.5, 0.6) is 0 Å². The molecule has 0 amide bonds. The summed E-state index contributed by atoms with van der Waals surface area (Å²) in [7, 11) is -3.46. The predicted molar refractivity (Wildman–Crippen MR) is 52.8 cm³/mol. The summed E-state index contributed by atoms with van der Waals surface area (Å²) in [5, 5.41) is 7.63. The van der Waals surface area contributed by atoms with E-state index >= 15 is 0 Å². The zero-order valence-electron chi connectivity index (χ0n) is 8.18. The molecular formula is C8H15N3O2S. The number of hydrogen-bond acceptors (Lipinski definition) is 4. The number of sulfonamides is 1. The van der Waals surface area contributed by atoms with E-state index in [2.05, 4.69) is 0 Å². The second-order valence-electron chi connectivity index (χ2n) is 3.46. The largest absolute Gasteiger partial charge is 0.329 e. The quantitative estimate of drug-likeness (QED) is 0.700. The molecule has 6 heteroatoms. The van der Waals surface area contributed by atoms with E-state index < -0.39 is 15.3 Å². The Kier molecular flexibility index (Phi) is 3.48. The highest BCUT2D eigenvalue weighted by molar-refractivity contribution is 7.90. The molecule has 0 radical (unpaired) electrons. The highest BCUT2D eigenvalue weighted by atomic mass is 32.2. The van der Waals surface area contributed by atoms with Crippen molar-refractivity contribution in [1.82, 2.24) is 4.31 Å². The first-order chi connectivity index (χ1) is 6.54. The van der Waals surface area contributed by atoms with Crippen molar-refractivity contribution in [3.8, 4) is 6.07 Å². The molecule has 1 fully saturated rings. The number of rotatable bonds is 3. The summed E-state index contributed by atoms with van der Waals surface area (Å²) in [4.78, 5) is 0. The van der Waals surface area contributed by atoms with Gasteiger partial charge in [-0.05, 0) is 19.8 Å². The Hall–Kier alpha value is -0.640. The molecule has 0 aliphatic carbocycles. The second-order valence-corrected chi connectivity index (χ2v) is 5.66. The maximum Gasteiger partial charge on any atom is 0.230 e. The van der Waals surface area contributed by atoms with E-state index in [9.17, 15) is 8.42 Å². The molecule has 1 saturated heterocycles. The summed E-state index contributed by atoms with van der Waals surface area (Å²) >= 11 is 0. The minimum absolute atomic E-state index is 0.115. The third-order valence-corrected chi connectivity index (χ3v) is 4.68. The number of hydrogen-bond donors (Lipinski definition) is 1. The van der Waals surface area contributed by atoms with E-state index in [1.54, 1.807) is 6.07 Å². The Labute approximate surface area is 84.5 Å². The number of nitriles is 1.